The van der Waals surface area contributed by atoms with Gasteiger partial charge < -0.3 is 44.9 Å². The van der Waals surface area contributed by atoms with Gasteiger partial charge in [-0.2, -0.15) is 4.98 Å². The molecule has 0 aliphatic carbocycles. The Morgan fingerprint density at radius 1 is 0.871 bits per heavy atom. The number of unbranched alkanes of at least 4 members (excludes halogenated alkanes) is 4. The first kappa shape index (κ1) is 44.8. The summed E-state index contributed by atoms with van der Waals surface area (Å²) < 4.78 is 29.4. The third kappa shape index (κ3) is 10.7. The number of carbonyl (C=O) groups excluding carboxylic acids is 3. The number of nitrogens with zero attached hydrogens (tertiary/aromatic N) is 4. The minimum absolute atomic E-state index is 0.151. The maximum absolute atomic E-state index is 13.2. The van der Waals surface area contributed by atoms with Crippen molar-refractivity contribution in [2.45, 2.75) is 76.4 Å². The number of fused-ring (bicyclic) bond motifs is 1. The van der Waals surface area contributed by atoms with Crippen molar-refractivity contribution >= 4 is 76.7 Å². The van der Waals surface area contributed by atoms with Gasteiger partial charge in [0.1, 0.15) is 16.8 Å². The molecule has 1 aromatic heterocycles. The second-order valence-corrected chi connectivity index (χ2v) is 18.2. The van der Waals surface area contributed by atoms with Gasteiger partial charge in [-0.3, -0.25) is 24.3 Å². The number of piperidine rings is 2. The standard InChI is InChI=1S/C44H55ClN9O7P/c1-59-38-26-32(14-16-35(38)50-44-48-27-34(45)41(52-44)49-36-11-7-8-12-39(36)62(58,60-2)61-3)53-23-19-30(20-24-53)46-21-9-5-4-6-10-22-47-31-13-15-33-29(25-31)28-54(43(33)57)37-17-18-40(55)51-42(37)56/h7-8,11-16,25-27,30,37,46-47H,4-6,9-10,17-24,28H2,1-3H3,(H,51,55,56)(H2,48,49,50,52). The number of hydrogen-bond acceptors (Lipinski definition) is 14. The van der Waals surface area contributed by atoms with E-state index in [1.165, 1.54) is 33.3 Å². The van der Waals surface area contributed by atoms with Crippen molar-refractivity contribution < 1.29 is 32.7 Å². The minimum Gasteiger partial charge on any atom is -0.494 e. The van der Waals surface area contributed by atoms with Gasteiger partial charge in [-0.05, 0) is 86.7 Å². The Kier molecular flexibility index (Phi) is 15.0. The number of halogens is 1. The Morgan fingerprint density at radius 2 is 1.63 bits per heavy atom. The molecule has 4 aromatic rings. The smallest absolute Gasteiger partial charge is 0.362 e. The predicted molar refractivity (Wildman–Crippen MR) is 242 cm³/mol. The fourth-order valence-electron chi connectivity index (χ4n) is 8.18. The maximum Gasteiger partial charge on any atom is 0.362 e. The summed E-state index contributed by atoms with van der Waals surface area (Å²) in [4.78, 5) is 49.8. The van der Waals surface area contributed by atoms with Gasteiger partial charge in [-0.15, -0.1) is 0 Å². The zero-order chi connectivity index (χ0) is 43.6. The highest BCUT2D eigenvalue weighted by atomic mass is 35.5. The van der Waals surface area contributed by atoms with Crippen LogP contribution in [0.4, 0.5) is 34.5 Å². The predicted octanol–water partition coefficient (Wildman–Crippen LogP) is 7.12. The summed E-state index contributed by atoms with van der Waals surface area (Å²) in [5.74, 6) is 0.430. The maximum atomic E-state index is 13.2. The Balaban J connectivity index is 0.794. The van der Waals surface area contributed by atoms with E-state index in [4.69, 9.17) is 25.4 Å². The summed E-state index contributed by atoms with van der Waals surface area (Å²) in [6, 6.07) is 18.7. The van der Waals surface area contributed by atoms with Crippen LogP contribution in [0.15, 0.2) is 66.9 Å². The van der Waals surface area contributed by atoms with E-state index in [1.807, 2.05) is 30.3 Å². The van der Waals surface area contributed by atoms with E-state index in [-0.39, 0.29) is 23.3 Å². The van der Waals surface area contributed by atoms with Crippen LogP contribution in [-0.2, 0) is 29.7 Å². The molecule has 62 heavy (non-hydrogen) atoms. The van der Waals surface area contributed by atoms with Gasteiger partial charge in [-0.1, -0.05) is 43.0 Å². The van der Waals surface area contributed by atoms with Crippen molar-refractivity contribution in [2.75, 3.05) is 68.4 Å². The molecule has 330 valence electrons. The summed E-state index contributed by atoms with van der Waals surface area (Å²) in [5, 5.41) is 16.6. The van der Waals surface area contributed by atoms with Crippen molar-refractivity contribution in [2.24, 2.45) is 0 Å². The lowest BCUT2D eigenvalue weighted by Crippen LogP contribution is -2.52. The first-order chi connectivity index (χ1) is 30.1. The zero-order valence-corrected chi connectivity index (χ0v) is 37.0. The van der Waals surface area contributed by atoms with Crippen LogP contribution in [0.1, 0.15) is 73.7 Å². The largest absolute Gasteiger partial charge is 0.494 e. The van der Waals surface area contributed by atoms with E-state index in [9.17, 15) is 18.9 Å². The van der Waals surface area contributed by atoms with Gasteiger partial charge in [0.25, 0.3) is 5.91 Å². The van der Waals surface area contributed by atoms with Gasteiger partial charge in [0.05, 0.1) is 30.0 Å². The average Bonchev–Trinajstić information content (AvgIpc) is 3.61. The summed E-state index contributed by atoms with van der Waals surface area (Å²) >= 11 is 6.47. The van der Waals surface area contributed by atoms with E-state index in [0.29, 0.717) is 58.8 Å². The molecule has 5 N–H and O–H groups in total. The Morgan fingerprint density at radius 3 is 2.39 bits per heavy atom. The molecule has 18 heteroatoms. The number of benzene rings is 3. The van der Waals surface area contributed by atoms with Crippen LogP contribution in [0.25, 0.3) is 0 Å². The monoisotopic (exact) mass is 887 g/mol. The lowest BCUT2D eigenvalue weighted by molar-refractivity contribution is -0.136. The lowest BCUT2D eigenvalue weighted by atomic mass is 10.0. The summed E-state index contributed by atoms with van der Waals surface area (Å²) in [7, 11) is 0.749. The molecule has 3 aliphatic heterocycles. The molecule has 0 bridgehead atoms. The van der Waals surface area contributed by atoms with Crippen LogP contribution in [0.5, 0.6) is 5.75 Å². The molecular weight excluding hydrogens is 833 g/mol. The second-order valence-electron chi connectivity index (χ2n) is 15.6. The number of anilines is 6. The highest BCUT2D eigenvalue weighted by Gasteiger charge is 2.39. The van der Waals surface area contributed by atoms with Crippen molar-refractivity contribution in [1.82, 2.24) is 25.5 Å². The zero-order valence-electron chi connectivity index (χ0n) is 35.4. The Hall–Kier alpha value is -5.25. The Bertz CT molecular complexity index is 2290. The molecular formula is C44H55ClN9O7P. The molecule has 1 atom stereocenters. The van der Waals surface area contributed by atoms with Gasteiger partial charge in [0.15, 0.2) is 5.82 Å². The van der Waals surface area contributed by atoms with E-state index in [0.717, 1.165) is 75.2 Å². The first-order valence-electron chi connectivity index (χ1n) is 21.1. The lowest BCUT2D eigenvalue weighted by Gasteiger charge is -2.34. The molecule has 3 amide bonds. The molecule has 16 nitrogen and oxygen atoms in total. The third-order valence-corrected chi connectivity index (χ3v) is 13.8. The average molecular weight is 888 g/mol. The molecule has 0 saturated carbocycles. The number of para-hydroxylation sites is 1. The van der Waals surface area contributed by atoms with Crippen LogP contribution in [0.3, 0.4) is 0 Å². The number of methoxy groups -OCH3 is 1. The van der Waals surface area contributed by atoms with Crippen molar-refractivity contribution in [3.63, 3.8) is 0 Å². The van der Waals surface area contributed by atoms with E-state index in [1.54, 1.807) is 36.3 Å². The second kappa shape index (κ2) is 20.7. The van der Waals surface area contributed by atoms with E-state index < -0.39 is 19.5 Å². The van der Waals surface area contributed by atoms with Crippen molar-refractivity contribution in [3.8, 4) is 5.75 Å². The first-order valence-corrected chi connectivity index (χ1v) is 23.1. The number of nitrogens with one attached hydrogen (secondary N) is 5. The summed E-state index contributed by atoms with van der Waals surface area (Å²) in [6.45, 7) is 4.13. The van der Waals surface area contributed by atoms with Crippen LogP contribution >= 0.6 is 19.2 Å². The summed E-state index contributed by atoms with van der Waals surface area (Å²) in [6.07, 6.45) is 9.93. The van der Waals surface area contributed by atoms with Crippen LogP contribution in [-0.4, -0.2) is 92.2 Å². The van der Waals surface area contributed by atoms with Crippen molar-refractivity contribution in [1.29, 1.82) is 0 Å². The highest BCUT2D eigenvalue weighted by molar-refractivity contribution is 7.62. The van der Waals surface area contributed by atoms with Gasteiger partial charge in [-0.25, -0.2) is 4.98 Å². The van der Waals surface area contributed by atoms with Crippen LogP contribution in [0, 0.1) is 0 Å². The van der Waals surface area contributed by atoms with E-state index >= 15 is 0 Å². The number of carbonyl (C=O) groups is 3. The SMILES string of the molecule is COc1cc(N2CCC(NCCCCCCCNc3ccc4c(c3)CN(C3CCC(=O)NC3=O)C4=O)CC2)ccc1Nc1ncc(Cl)c(Nc2ccccc2P(=O)(OC)OC)n1. The Labute approximate surface area is 367 Å². The van der Waals surface area contributed by atoms with E-state index in [2.05, 4.69) is 47.5 Å². The number of imide groups is 1. The van der Waals surface area contributed by atoms with Crippen LogP contribution in [0.2, 0.25) is 5.02 Å². The highest BCUT2D eigenvalue weighted by Crippen LogP contribution is 2.47. The third-order valence-electron chi connectivity index (χ3n) is 11.6. The topological polar surface area (TPSA) is 188 Å². The van der Waals surface area contributed by atoms with Gasteiger partial charge >= 0.3 is 7.60 Å². The molecule has 2 fully saturated rings. The van der Waals surface area contributed by atoms with Gasteiger partial charge in [0, 0.05) is 75.9 Å². The molecule has 7 rings (SSSR count). The quantitative estimate of drug-likeness (QED) is 0.0343. The molecule has 3 aromatic carbocycles. The minimum atomic E-state index is -3.56. The number of aromatic nitrogens is 2. The normalized spacial score (nSPS) is 16.9. The number of amides is 3. The number of hydrogen-bond donors (Lipinski definition) is 5. The molecule has 2 saturated heterocycles. The molecule has 0 spiro atoms. The van der Waals surface area contributed by atoms with Crippen LogP contribution < -0.4 is 41.5 Å². The van der Waals surface area contributed by atoms with Crippen molar-refractivity contribution in [3.05, 3.63) is 83.0 Å². The number of rotatable bonds is 20. The molecule has 0 radical (unpaired) electrons. The molecule has 3 aliphatic rings. The van der Waals surface area contributed by atoms with Gasteiger partial charge in [0.2, 0.25) is 17.8 Å². The fourth-order valence-corrected chi connectivity index (χ4v) is 9.55. The molecule has 1 unspecified atom stereocenters. The summed E-state index contributed by atoms with van der Waals surface area (Å²) in [5.41, 5.74) is 4.77. The number of ether oxygens (including phenoxy) is 1. The molecule has 4 heterocycles. The fraction of sp³-hybridized carbons (Fsp3) is 0.432.